The third-order valence-electron chi connectivity index (χ3n) is 3.32. The fraction of sp³-hybridized carbons (Fsp3) is 0.909. The summed E-state index contributed by atoms with van der Waals surface area (Å²) in [5, 5.41) is 0. The van der Waals surface area contributed by atoms with Gasteiger partial charge in [0.1, 0.15) is 0 Å². The second-order valence-electron chi connectivity index (χ2n) is 4.79. The van der Waals surface area contributed by atoms with E-state index in [4.69, 9.17) is 5.73 Å². The summed E-state index contributed by atoms with van der Waals surface area (Å²) < 4.78 is 0. The molecule has 2 fully saturated rings. The van der Waals surface area contributed by atoms with E-state index < -0.39 is 0 Å². The van der Waals surface area contributed by atoms with Crippen LogP contribution < -0.4 is 5.73 Å². The normalized spacial score (nSPS) is 20.9. The van der Waals surface area contributed by atoms with Crippen molar-refractivity contribution in [3.63, 3.8) is 0 Å². The van der Waals surface area contributed by atoms with Crippen molar-refractivity contribution < 1.29 is 4.79 Å². The van der Waals surface area contributed by atoms with Crippen LogP contribution in [0.1, 0.15) is 38.5 Å². The summed E-state index contributed by atoms with van der Waals surface area (Å²) >= 11 is 0. The van der Waals surface area contributed by atoms with Gasteiger partial charge in [-0.15, -0.1) is 0 Å². The lowest BCUT2D eigenvalue weighted by atomic mass is 10.2. The minimum atomic E-state index is -0.230. The summed E-state index contributed by atoms with van der Waals surface area (Å²) in [5.74, 6) is 1.77. The van der Waals surface area contributed by atoms with E-state index in [1.807, 2.05) is 4.90 Å². The number of carbonyl (C=O) groups is 1. The van der Waals surface area contributed by atoms with Gasteiger partial charge >= 0.3 is 6.03 Å². The number of rotatable bonds is 6. The molecule has 2 rings (SSSR count). The highest BCUT2D eigenvalue weighted by molar-refractivity contribution is 5.71. The van der Waals surface area contributed by atoms with Crippen LogP contribution in [0, 0.1) is 11.8 Å². The summed E-state index contributed by atoms with van der Waals surface area (Å²) in [4.78, 5) is 12.9. The van der Waals surface area contributed by atoms with Gasteiger partial charge in [-0.1, -0.05) is 25.7 Å². The van der Waals surface area contributed by atoms with Crippen molar-refractivity contribution in [3.8, 4) is 0 Å². The minimum Gasteiger partial charge on any atom is -0.351 e. The van der Waals surface area contributed by atoms with Gasteiger partial charge in [0.05, 0.1) is 0 Å². The summed E-state index contributed by atoms with van der Waals surface area (Å²) in [6.07, 6.45) is 7.75. The Hall–Kier alpha value is -0.730. The lowest BCUT2D eigenvalue weighted by Crippen LogP contribution is -2.37. The molecule has 0 bridgehead atoms. The summed E-state index contributed by atoms with van der Waals surface area (Å²) in [7, 11) is 0. The van der Waals surface area contributed by atoms with Gasteiger partial charge in [-0.05, 0) is 24.7 Å². The first kappa shape index (κ1) is 9.81. The van der Waals surface area contributed by atoms with Crippen LogP contribution in [-0.4, -0.2) is 24.0 Å². The molecule has 3 heteroatoms. The number of nitrogens with zero attached hydrogens (tertiary/aromatic N) is 1. The lowest BCUT2D eigenvalue weighted by molar-refractivity contribution is 0.204. The van der Waals surface area contributed by atoms with Gasteiger partial charge in [-0.2, -0.15) is 0 Å². The molecule has 3 nitrogen and oxygen atoms in total. The van der Waals surface area contributed by atoms with Gasteiger partial charge in [0.15, 0.2) is 0 Å². The summed E-state index contributed by atoms with van der Waals surface area (Å²) in [6, 6.07) is -0.230. The highest BCUT2D eigenvalue weighted by Crippen LogP contribution is 2.34. The number of urea groups is 1. The maximum absolute atomic E-state index is 11.1. The van der Waals surface area contributed by atoms with E-state index in [2.05, 4.69) is 0 Å². The summed E-state index contributed by atoms with van der Waals surface area (Å²) in [6.45, 7) is 1.76. The quantitative estimate of drug-likeness (QED) is 0.693. The smallest absolute Gasteiger partial charge is 0.314 e. The van der Waals surface area contributed by atoms with E-state index >= 15 is 0 Å². The van der Waals surface area contributed by atoms with Crippen LogP contribution >= 0.6 is 0 Å². The van der Waals surface area contributed by atoms with Gasteiger partial charge in [-0.3, -0.25) is 0 Å². The Bertz CT molecular complexity index is 193. The van der Waals surface area contributed by atoms with Gasteiger partial charge in [-0.25, -0.2) is 4.79 Å². The molecular formula is C11H20N2O. The number of nitrogens with two attached hydrogens (primary N) is 1. The average Bonchev–Trinajstić information content (AvgIpc) is 3.00. The largest absolute Gasteiger partial charge is 0.351 e. The molecule has 2 N–H and O–H groups in total. The number of hydrogen-bond acceptors (Lipinski definition) is 1. The molecule has 2 saturated carbocycles. The van der Waals surface area contributed by atoms with Crippen molar-refractivity contribution in [2.75, 3.05) is 13.1 Å². The predicted octanol–water partition coefficient (Wildman–Crippen LogP) is 1.97. The SMILES string of the molecule is NC(=O)N(CCC1CC1)CCC1CC1. The van der Waals surface area contributed by atoms with Crippen LogP contribution in [0.4, 0.5) is 4.79 Å². The fourth-order valence-corrected chi connectivity index (χ4v) is 1.82. The summed E-state index contributed by atoms with van der Waals surface area (Å²) in [5.41, 5.74) is 5.34. The molecule has 0 aromatic carbocycles. The number of amides is 2. The van der Waals surface area contributed by atoms with Gasteiger partial charge in [0, 0.05) is 13.1 Å². The van der Waals surface area contributed by atoms with Crippen molar-refractivity contribution in [1.82, 2.24) is 4.90 Å². The highest BCUT2D eigenvalue weighted by Gasteiger charge is 2.25. The third-order valence-corrected chi connectivity index (χ3v) is 3.32. The lowest BCUT2D eigenvalue weighted by Gasteiger charge is -2.19. The molecule has 2 aliphatic rings. The van der Waals surface area contributed by atoms with E-state index in [1.165, 1.54) is 25.7 Å². The van der Waals surface area contributed by atoms with Crippen molar-refractivity contribution in [2.45, 2.75) is 38.5 Å². The van der Waals surface area contributed by atoms with Gasteiger partial charge < -0.3 is 10.6 Å². The van der Waals surface area contributed by atoms with E-state index in [0.717, 1.165) is 37.8 Å². The van der Waals surface area contributed by atoms with Gasteiger partial charge in [0.25, 0.3) is 0 Å². The molecule has 0 unspecified atom stereocenters. The molecule has 14 heavy (non-hydrogen) atoms. The molecule has 2 aliphatic carbocycles. The Balaban J connectivity index is 1.64. The Kier molecular flexibility index (Phi) is 2.94. The van der Waals surface area contributed by atoms with Crippen molar-refractivity contribution in [3.05, 3.63) is 0 Å². The number of hydrogen-bond donors (Lipinski definition) is 1. The standard InChI is InChI=1S/C11H20N2O/c12-11(14)13(7-5-9-1-2-9)8-6-10-3-4-10/h9-10H,1-8H2,(H2,12,14). The zero-order chi connectivity index (χ0) is 9.97. The third kappa shape index (κ3) is 3.20. The van der Waals surface area contributed by atoms with Crippen LogP contribution in [0.2, 0.25) is 0 Å². The maximum Gasteiger partial charge on any atom is 0.314 e. The van der Waals surface area contributed by atoms with Crippen LogP contribution in [0.5, 0.6) is 0 Å². The highest BCUT2D eigenvalue weighted by atomic mass is 16.2. The van der Waals surface area contributed by atoms with E-state index in [9.17, 15) is 4.79 Å². The molecule has 0 aromatic rings. The monoisotopic (exact) mass is 196 g/mol. The minimum absolute atomic E-state index is 0.230. The molecule has 0 atom stereocenters. The van der Waals surface area contributed by atoms with Crippen molar-refractivity contribution in [2.24, 2.45) is 17.6 Å². The van der Waals surface area contributed by atoms with Crippen LogP contribution in [0.25, 0.3) is 0 Å². The second kappa shape index (κ2) is 4.20. The Morgan fingerprint density at radius 3 is 1.79 bits per heavy atom. The first-order valence-electron chi connectivity index (χ1n) is 5.80. The first-order valence-corrected chi connectivity index (χ1v) is 5.80. The molecule has 0 saturated heterocycles. The van der Waals surface area contributed by atoms with Crippen LogP contribution in [0.3, 0.4) is 0 Å². The predicted molar refractivity (Wildman–Crippen MR) is 55.8 cm³/mol. The second-order valence-corrected chi connectivity index (χ2v) is 4.79. The topological polar surface area (TPSA) is 46.3 Å². The van der Waals surface area contributed by atoms with Crippen molar-refractivity contribution >= 4 is 6.03 Å². The first-order chi connectivity index (χ1) is 6.75. The molecule has 2 amide bonds. The van der Waals surface area contributed by atoms with E-state index in [1.54, 1.807) is 0 Å². The fourth-order valence-electron chi connectivity index (χ4n) is 1.82. The molecule has 0 radical (unpaired) electrons. The van der Waals surface area contributed by atoms with E-state index in [-0.39, 0.29) is 6.03 Å². The molecule has 0 aliphatic heterocycles. The number of carbonyl (C=O) groups excluding carboxylic acids is 1. The Morgan fingerprint density at radius 1 is 1.07 bits per heavy atom. The molecule has 80 valence electrons. The Morgan fingerprint density at radius 2 is 1.50 bits per heavy atom. The van der Waals surface area contributed by atoms with E-state index in [0.29, 0.717) is 0 Å². The molecule has 0 spiro atoms. The van der Waals surface area contributed by atoms with Crippen LogP contribution in [0.15, 0.2) is 0 Å². The number of primary amides is 1. The molecule has 0 aromatic heterocycles. The van der Waals surface area contributed by atoms with Crippen LogP contribution in [-0.2, 0) is 0 Å². The maximum atomic E-state index is 11.1. The Labute approximate surface area is 85.6 Å². The zero-order valence-corrected chi connectivity index (χ0v) is 8.74. The molecular weight excluding hydrogens is 176 g/mol. The zero-order valence-electron chi connectivity index (χ0n) is 8.74. The molecule has 0 heterocycles. The average molecular weight is 196 g/mol. The van der Waals surface area contributed by atoms with Gasteiger partial charge in [0.2, 0.25) is 0 Å². The van der Waals surface area contributed by atoms with Crippen molar-refractivity contribution in [1.29, 1.82) is 0 Å².